The SMILES string of the molecule is C=C[C@H]1CN(C)CC[C@@]12C=Nc1ccccc12. The Balaban J connectivity index is 2.08. The molecular weight excluding hydrogens is 208 g/mol. The zero-order valence-corrected chi connectivity index (χ0v) is 10.3. The topological polar surface area (TPSA) is 15.6 Å². The summed E-state index contributed by atoms with van der Waals surface area (Å²) in [5.74, 6) is 0.466. The summed E-state index contributed by atoms with van der Waals surface area (Å²) in [6.07, 6.45) is 5.40. The Hall–Kier alpha value is -1.41. The van der Waals surface area contributed by atoms with Gasteiger partial charge in [0.05, 0.1) is 5.69 Å². The monoisotopic (exact) mass is 226 g/mol. The maximum Gasteiger partial charge on any atom is 0.0667 e. The van der Waals surface area contributed by atoms with Crippen LogP contribution in [0.2, 0.25) is 0 Å². The first-order valence-corrected chi connectivity index (χ1v) is 6.22. The summed E-state index contributed by atoms with van der Waals surface area (Å²) in [4.78, 5) is 6.99. The van der Waals surface area contributed by atoms with Gasteiger partial charge in [0, 0.05) is 24.1 Å². The zero-order chi connectivity index (χ0) is 11.9. The van der Waals surface area contributed by atoms with Gasteiger partial charge in [-0.05, 0) is 31.6 Å². The maximum absolute atomic E-state index is 4.61. The average molecular weight is 226 g/mol. The molecule has 0 bridgehead atoms. The van der Waals surface area contributed by atoms with E-state index in [4.69, 9.17) is 0 Å². The molecule has 2 aliphatic heterocycles. The highest BCUT2D eigenvalue weighted by atomic mass is 15.1. The third kappa shape index (κ3) is 1.48. The van der Waals surface area contributed by atoms with Crippen LogP contribution in [0.1, 0.15) is 12.0 Å². The van der Waals surface area contributed by atoms with Gasteiger partial charge < -0.3 is 4.90 Å². The second-order valence-electron chi connectivity index (χ2n) is 5.17. The van der Waals surface area contributed by atoms with Gasteiger partial charge in [-0.2, -0.15) is 0 Å². The van der Waals surface area contributed by atoms with Gasteiger partial charge in [0.1, 0.15) is 0 Å². The molecule has 0 radical (unpaired) electrons. The van der Waals surface area contributed by atoms with E-state index < -0.39 is 0 Å². The largest absolute Gasteiger partial charge is 0.306 e. The minimum absolute atomic E-state index is 0.102. The molecule has 1 aromatic carbocycles. The summed E-state index contributed by atoms with van der Waals surface area (Å²) in [5, 5.41) is 0. The zero-order valence-electron chi connectivity index (χ0n) is 10.3. The number of likely N-dealkylation sites (tertiary alicyclic amines) is 1. The standard InChI is InChI=1S/C15H18N2/c1-3-12-10-17(2)9-8-15(12)11-16-14-7-5-4-6-13(14)15/h3-7,11-12H,1,8-10H2,2H3/t12-,15+/m0/s1. The van der Waals surface area contributed by atoms with Crippen LogP contribution in [0.4, 0.5) is 5.69 Å². The number of piperidine rings is 1. The van der Waals surface area contributed by atoms with Crippen molar-refractivity contribution in [1.29, 1.82) is 0 Å². The van der Waals surface area contributed by atoms with Crippen LogP contribution in [0.25, 0.3) is 0 Å². The molecule has 0 N–H and O–H groups in total. The third-order valence-electron chi connectivity index (χ3n) is 4.20. The summed E-state index contributed by atoms with van der Waals surface area (Å²) in [6.45, 7) is 6.23. The van der Waals surface area contributed by atoms with E-state index in [-0.39, 0.29) is 5.41 Å². The van der Waals surface area contributed by atoms with Crippen molar-refractivity contribution in [2.24, 2.45) is 10.9 Å². The van der Waals surface area contributed by atoms with Crippen molar-refractivity contribution < 1.29 is 0 Å². The Morgan fingerprint density at radius 2 is 2.29 bits per heavy atom. The number of fused-ring (bicyclic) bond motifs is 2. The summed E-state index contributed by atoms with van der Waals surface area (Å²) < 4.78 is 0. The van der Waals surface area contributed by atoms with Gasteiger partial charge in [-0.15, -0.1) is 6.58 Å². The predicted octanol–water partition coefficient (Wildman–Crippen LogP) is 2.78. The lowest BCUT2D eigenvalue weighted by Gasteiger charge is -2.42. The van der Waals surface area contributed by atoms with Crippen molar-refractivity contribution >= 4 is 11.9 Å². The Morgan fingerprint density at radius 3 is 3.12 bits per heavy atom. The second-order valence-corrected chi connectivity index (χ2v) is 5.17. The molecule has 0 aromatic heterocycles. The molecule has 2 nitrogen and oxygen atoms in total. The quantitative estimate of drug-likeness (QED) is 0.672. The summed E-state index contributed by atoms with van der Waals surface area (Å²) >= 11 is 0. The maximum atomic E-state index is 4.61. The lowest BCUT2D eigenvalue weighted by molar-refractivity contribution is 0.187. The molecule has 1 fully saturated rings. The number of benzene rings is 1. The van der Waals surface area contributed by atoms with E-state index in [1.807, 2.05) is 0 Å². The lowest BCUT2D eigenvalue weighted by Crippen LogP contribution is -2.47. The molecule has 88 valence electrons. The molecule has 1 spiro atoms. The highest BCUT2D eigenvalue weighted by Gasteiger charge is 2.44. The van der Waals surface area contributed by atoms with Crippen LogP contribution in [0, 0.1) is 5.92 Å². The van der Waals surface area contributed by atoms with Crippen LogP contribution in [0.5, 0.6) is 0 Å². The Kier molecular flexibility index (Phi) is 2.40. The molecular formula is C15H18N2. The fraction of sp³-hybridized carbons (Fsp3) is 0.400. The average Bonchev–Trinajstić information content (AvgIpc) is 2.73. The number of nitrogens with zero attached hydrogens (tertiary/aromatic N) is 2. The molecule has 1 saturated heterocycles. The third-order valence-corrected chi connectivity index (χ3v) is 4.20. The first-order valence-electron chi connectivity index (χ1n) is 6.22. The summed E-state index contributed by atoms with van der Waals surface area (Å²) in [7, 11) is 2.18. The highest BCUT2D eigenvalue weighted by molar-refractivity contribution is 5.86. The van der Waals surface area contributed by atoms with Gasteiger partial charge >= 0.3 is 0 Å². The molecule has 0 amide bonds. The van der Waals surface area contributed by atoms with Crippen LogP contribution >= 0.6 is 0 Å². The van der Waals surface area contributed by atoms with Crippen molar-refractivity contribution in [1.82, 2.24) is 4.90 Å². The van der Waals surface area contributed by atoms with Gasteiger partial charge in [0.15, 0.2) is 0 Å². The van der Waals surface area contributed by atoms with E-state index in [1.54, 1.807) is 0 Å². The van der Waals surface area contributed by atoms with Crippen molar-refractivity contribution in [3.05, 3.63) is 42.5 Å². The molecule has 2 atom stereocenters. The van der Waals surface area contributed by atoms with Gasteiger partial charge in [0.25, 0.3) is 0 Å². The number of hydrogen-bond donors (Lipinski definition) is 0. The molecule has 0 aliphatic carbocycles. The molecule has 0 saturated carbocycles. The van der Waals surface area contributed by atoms with Crippen molar-refractivity contribution in [2.75, 3.05) is 20.1 Å². The summed E-state index contributed by atoms with van der Waals surface area (Å²) in [6, 6.07) is 8.52. The minimum Gasteiger partial charge on any atom is -0.306 e. The Morgan fingerprint density at radius 1 is 1.47 bits per heavy atom. The lowest BCUT2D eigenvalue weighted by atomic mass is 9.67. The van der Waals surface area contributed by atoms with Crippen LogP contribution < -0.4 is 0 Å². The molecule has 1 aromatic rings. The second kappa shape index (κ2) is 3.81. The summed E-state index contributed by atoms with van der Waals surface area (Å²) in [5.41, 5.74) is 2.63. The number of hydrogen-bond acceptors (Lipinski definition) is 2. The first-order chi connectivity index (χ1) is 8.26. The van der Waals surface area contributed by atoms with E-state index in [0.717, 1.165) is 25.2 Å². The van der Waals surface area contributed by atoms with Crippen LogP contribution in [-0.2, 0) is 5.41 Å². The molecule has 2 heterocycles. The van der Waals surface area contributed by atoms with Gasteiger partial charge in [0.2, 0.25) is 0 Å². The predicted molar refractivity (Wildman–Crippen MR) is 72.1 cm³/mol. The number of aliphatic imine (C=N–C) groups is 1. The van der Waals surface area contributed by atoms with Crippen LogP contribution in [-0.4, -0.2) is 31.3 Å². The smallest absolute Gasteiger partial charge is 0.0667 e. The normalized spacial score (nSPS) is 31.7. The molecule has 2 aliphatic rings. The molecule has 3 rings (SSSR count). The molecule has 2 heteroatoms. The van der Waals surface area contributed by atoms with E-state index in [2.05, 4.69) is 60.1 Å². The Bertz CT molecular complexity index is 478. The van der Waals surface area contributed by atoms with E-state index in [0.29, 0.717) is 5.92 Å². The molecule has 17 heavy (non-hydrogen) atoms. The highest BCUT2D eigenvalue weighted by Crippen LogP contribution is 2.46. The number of rotatable bonds is 1. The van der Waals surface area contributed by atoms with Gasteiger partial charge in [-0.25, -0.2) is 0 Å². The minimum atomic E-state index is 0.102. The van der Waals surface area contributed by atoms with Crippen molar-refractivity contribution in [2.45, 2.75) is 11.8 Å². The number of para-hydroxylation sites is 1. The fourth-order valence-corrected chi connectivity index (χ4v) is 3.16. The van der Waals surface area contributed by atoms with Crippen LogP contribution in [0.15, 0.2) is 41.9 Å². The fourth-order valence-electron chi connectivity index (χ4n) is 3.16. The van der Waals surface area contributed by atoms with Crippen molar-refractivity contribution in [3.63, 3.8) is 0 Å². The molecule has 0 unspecified atom stereocenters. The Labute approximate surface area is 103 Å². The van der Waals surface area contributed by atoms with Gasteiger partial charge in [-0.3, -0.25) is 4.99 Å². The van der Waals surface area contributed by atoms with E-state index in [1.165, 1.54) is 5.56 Å². The van der Waals surface area contributed by atoms with E-state index >= 15 is 0 Å². The first kappa shape index (κ1) is 10.7. The van der Waals surface area contributed by atoms with Crippen molar-refractivity contribution in [3.8, 4) is 0 Å². The van der Waals surface area contributed by atoms with E-state index in [9.17, 15) is 0 Å². The van der Waals surface area contributed by atoms with Gasteiger partial charge in [-0.1, -0.05) is 24.3 Å². The van der Waals surface area contributed by atoms with Crippen LogP contribution in [0.3, 0.4) is 0 Å².